The van der Waals surface area contributed by atoms with E-state index in [2.05, 4.69) is 11.8 Å². The highest BCUT2D eigenvalue weighted by atomic mass is 16.3. The van der Waals surface area contributed by atoms with Crippen LogP contribution >= 0.6 is 0 Å². The van der Waals surface area contributed by atoms with E-state index in [1.165, 1.54) is 13.0 Å². The molecule has 0 amide bonds. The van der Waals surface area contributed by atoms with Crippen molar-refractivity contribution in [2.45, 2.75) is 19.4 Å². The second kappa shape index (κ2) is 2.46. The van der Waals surface area contributed by atoms with Gasteiger partial charge in [-0.2, -0.15) is 0 Å². The fraction of sp³-hybridized carbons (Fsp3) is 1.00. The third-order valence-electron chi connectivity index (χ3n) is 1.84. The summed E-state index contributed by atoms with van der Waals surface area (Å²) in [6.45, 7) is 4.55. The number of aliphatic hydroxyl groups is 1. The third-order valence-corrected chi connectivity index (χ3v) is 1.84. The molecule has 1 rings (SSSR count). The smallest absolute Gasteiger partial charge is 0.0558 e. The van der Waals surface area contributed by atoms with Crippen molar-refractivity contribution in [1.82, 2.24) is 4.90 Å². The minimum Gasteiger partial charge on any atom is -0.395 e. The Bertz CT molecular complexity index is 74.9. The Morgan fingerprint density at radius 1 is 1.75 bits per heavy atom. The van der Waals surface area contributed by atoms with Crippen LogP contribution in [0.5, 0.6) is 0 Å². The first-order chi connectivity index (χ1) is 3.84. The van der Waals surface area contributed by atoms with Crippen molar-refractivity contribution in [2.24, 2.45) is 0 Å². The quantitative estimate of drug-likeness (QED) is 0.550. The van der Waals surface area contributed by atoms with E-state index in [-0.39, 0.29) is 0 Å². The first-order valence-electron chi connectivity index (χ1n) is 3.19. The van der Waals surface area contributed by atoms with Gasteiger partial charge in [0.25, 0.3) is 0 Å². The molecule has 1 aliphatic rings. The van der Waals surface area contributed by atoms with E-state index in [1.807, 2.05) is 0 Å². The lowest BCUT2D eigenvalue weighted by Gasteiger charge is -2.37. The lowest BCUT2D eigenvalue weighted by atomic mass is 10.1. The highest BCUT2D eigenvalue weighted by molar-refractivity contribution is 4.77. The lowest BCUT2D eigenvalue weighted by molar-refractivity contribution is 0.0800. The second-order valence-electron chi connectivity index (χ2n) is 2.40. The highest BCUT2D eigenvalue weighted by Crippen LogP contribution is 2.14. The summed E-state index contributed by atoms with van der Waals surface area (Å²) in [7, 11) is 0. The van der Waals surface area contributed by atoms with Gasteiger partial charge in [-0.15, -0.1) is 0 Å². The molecular formula is C6H13NO. The number of nitrogens with zero attached hydrogens (tertiary/aromatic N) is 1. The van der Waals surface area contributed by atoms with Crippen LogP contribution < -0.4 is 0 Å². The lowest BCUT2D eigenvalue weighted by Crippen LogP contribution is -2.46. The molecule has 1 saturated heterocycles. The van der Waals surface area contributed by atoms with Crippen LogP contribution in [0.25, 0.3) is 0 Å². The molecule has 2 heteroatoms. The Hall–Kier alpha value is -0.0800. The number of hydrogen-bond acceptors (Lipinski definition) is 2. The molecule has 1 N–H and O–H groups in total. The topological polar surface area (TPSA) is 23.5 Å². The number of rotatable bonds is 2. The van der Waals surface area contributed by atoms with Crippen LogP contribution in [0.2, 0.25) is 0 Å². The number of aliphatic hydroxyl groups excluding tert-OH is 1. The highest BCUT2D eigenvalue weighted by Gasteiger charge is 2.21. The molecule has 1 aliphatic heterocycles. The summed E-state index contributed by atoms with van der Waals surface area (Å²) in [6.07, 6.45) is 1.31. The van der Waals surface area contributed by atoms with E-state index in [1.54, 1.807) is 0 Å². The standard InChI is InChI=1S/C6H13NO/c1-6-2-3-7(6)4-5-8/h6,8H,2-5H2,1H3. The summed E-state index contributed by atoms with van der Waals surface area (Å²) in [5.74, 6) is 0. The van der Waals surface area contributed by atoms with Crippen LogP contribution in [0.1, 0.15) is 13.3 Å². The Labute approximate surface area is 50.1 Å². The molecule has 0 bridgehead atoms. The molecular weight excluding hydrogens is 102 g/mol. The van der Waals surface area contributed by atoms with Crippen LogP contribution in [0.15, 0.2) is 0 Å². The van der Waals surface area contributed by atoms with Gasteiger partial charge in [-0.05, 0) is 19.9 Å². The van der Waals surface area contributed by atoms with E-state index >= 15 is 0 Å². The van der Waals surface area contributed by atoms with Gasteiger partial charge in [-0.3, -0.25) is 4.90 Å². The van der Waals surface area contributed by atoms with E-state index in [0.29, 0.717) is 6.61 Å². The maximum Gasteiger partial charge on any atom is 0.0558 e. The monoisotopic (exact) mass is 115 g/mol. The molecule has 1 heterocycles. The van der Waals surface area contributed by atoms with Gasteiger partial charge in [0.05, 0.1) is 6.61 Å². The zero-order valence-corrected chi connectivity index (χ0v) is 5.30. The van der Waals surface area contributed by atoms with Crippen molar-refractivity contribution in [2.75, 3.05) is 19.7 Å². The Kier molecular flexibility index (Phi) is 1.86. The van der Waals surface area contributed by atoms with Gasteiger partial charge >= 0.3 is 0 Å². The van der Waals surface area contributed by atoms with E-state index in [4.69, 9.17) is 5.11 Å². The van der Waals surface area contributed by atoms with Crippen molar-refractivity contribution >= 4 is 0 Å². The molecule has 0 aromatic rings. The van der Waals surface area contributed by atoms with E-state index in [0.717, 1.165) is 12.6 Å². The van der Waals surface area contributed by atoms with E-state index in [9.17, 15) is 0 Å². The number of likely N-dealkylation sites (tertiary alicyclic amines) is 1. The largest absolute Gasteiger partial charge is 0.395 e. The normalized spacial score (nSPS) is 30.0. The fourth-order valence-electron chi connectivity index (χ4n) is 1.03. The summed E-state index contributed by atoms with van der Waals surface area (Å²) in [4.78, 5) is 2.28. The van der Waals surface area contributed by atoms with Crippen LogP contribution in [0.4, 0.5) is 0 Å². The maximum absolute atomic E-state index is 8.48. The average molecular weight is 115 g/mol. The molecule has 1 fully saturated rings. The molecule has 8 heavy (non-hydrogen) atoms. The molecule has 0 radical (unpaired) electrons. The third kappa shape index (κ3) is 1.01. The van der Waals surface area contributed by atoms with Crippen molar-refractivity contribution in [3.63, 3.8) is 0 Å². The summed E-state index contributed by atoms with van der Waals surface area (Å²) < 4.78 is 0. The summed E-state index contributed by atoms with van der Waals surface area (Å²) in [6, 6.07) is 0.724. The van der Waals surface area contributed by atoms with Crippen molar-refractivity contribution < 1.29 is 5.11 Å². The minimum atomic E-state index is 0.310. The predicted octanol–water partition coefficient (Wildman–Crippen LogP) is 0.0729. The predicted molar refractivity (Wildman–Crippen MR) is 32.7 cm³/mol. The van der Waals surface area contributed by atoms with Gasteiger partial charge < -0.3 is 5.11 Å². The van der Waals surface area contributed by atoms with Crippen molar-refractivity contribution in [1.29, 1.82) is 0 Å². The summed E-state index contributed by atoms with van der Waals surface area (Å²) >= 11 is 0. The van der Waals surface area contributed by atoms with Crippen LogP contribution in [0, 0.1) is 0 Å². The zero-order valence-electron chi connectivity index (χ0n) is 5.30. The Morgan fingerprint density at radius 3 is 2.62 bits per heavy atom. The van der Waals surface area contributed by atoms with E-state index < -0.39 is 0 Å². The van der Waals surface area contributed by atoms with Gasteiger partial charge in [0.15, 0.2) is 0 Å². The molecule has 1 unspecified atom stereocenters. The molecule has 0 spiro atoms. The summed E-state index contributed by atoms with van der Waals surface area (Å²) in [5, 5.41) is 8.48. The number of hydrogen-bond donors (Lipinski definition) is 1. The van der Waals surface area contributed by atoms with Crippen LogP contribution in [-0.2, 0) is 0 Å². The molecule has 0 saturated carbocycles. The zero-order chi connectivity index (χ0) is 5.98. The summed E-state index contributed by atoms with van der Waals surface area (Å²) in [5.41, 5.74) is 0. The van der Waals surface area contributed by atoms with Gasteiger partial charge in [0.2, 0.25) is 0 Å². The van der Waals surface area contributed by atoms with Gasteiger partial charge in [0, 0.05) is 12.6 Å². The molecule has 48 valence electrons. The average Bonchev–Trinajstić information content (AvgIpc) is 1.79. The van der Waals surface area contributed by atoms with Crippen LogP contribution in [-0.4, -0.2) is 35.7 Å². The molecule has 0 aliphatic carbocycles. The second-order valence-corrected chi connectivity index (χ2v) is 2.40. The molecule has 2 nitrogen and oxygen atoms in total. The minimum absolute atomic E-state index is 0.310. The first-order valence-corrected chi connectivity index (χ1v) is 3.19. The van der Waals surface area contributed by atoms with Gasteiger partial charge in [-0.25, -0.2) is 0 Å². The van der Waals surface area contributed by atoms with Gasteiger partial charge in [0.1, 0.15) is 0 Å². The Morgan fingerprint density at radius 2 is 2.50 bits per heavy atom. The maximum atomic E-state index is 8.48. The van der Waals surface area contributed by atoms with Gasteiger partial charge in [-0.1, -0.05) is 0 Å². The van der Waals surface area contributed by atoms with Crippen LogP contribution in [0.3, 0.4) is 0 Å². The van der Waals surface area contributed by atoms with Crippen molar-refractivity contribution in [3.05, 3.63) is 0 Å². The van der Waals surface area contributed by atoms with Crippen molar-refractivity contribution in [3.8, 4) is 0 Å². The first kappa shape index (κ1) is 6.05. The number of β-amino-alcohol motifs (C(OH)–C–C–N with tert-alkyl or cyclic N) is 1. The Balaban J connectivity index is 2.08. The SMILES string of the molecule is CC1CCN1CCO. The fourth-order valence-corrected chi connectivity index (χ4v) is 1.03. The molecule has 1 atom stereocenters. The molecule has 0 aromatic carbocycles. The molecule has 0 aromatic heterocycles.